The summed E-state index contributed by atoms with van der Waals surface area (Å²) in [4.78, 5) is 3.95. The van der Waals surface area contributed by atoms with Crippen molar-refractivity contribution in [3.8, 4) is 17.6 Å². The molecule has 4 nitrogen and oxygen atoms in total. The minimum Gasteiger partial charge on any atom is -0.455 e. The molecule has 0 saturated carbocycles. The molecular weight excluding hydrogens is 226 g/mol. The quantitative estimate of drug-likeness (QED) is 0.818. The van der Waals surface area contributed by atoms with Gasteiger partial charge in [-0.05, 0) is 37.1 Å². The number of anilines is 1. The van der Waals surface area contributed by atoms with Crippen LogP contribution in [0.25, 0.3) is 0 Å². The van der Waals surface area contributed by atoms with Gasteiger partial charge in [-0.15, -0.1) is 0 Å². The Morgan fingerprint density at radius 2 is 2.00 bits per heavy atom. The summed E-state index contributed by atoms with van der Waals surface area (Å²) >= 11 is 0. The monoisotopic (exact) mass is 239 g/mol. The van der Waals surface area contributed by atoms with Crippen molar-refractivity contribution in [1.29, 1.82) is 5.26 Å². The van der Waals surface area contributed by atoms with Crippen LogP contribution in [-0.4, -0.2) is 4.98 Å². The van der Waals surface area contributed by atoms with Crippen LogP contribution in [0.5, 0.6) is 11.5 Å². The first-order valence-corrected chi connectivity index (χ1v) is 5.51. The van der Waals surface area contributed by atoms with Crippen molar-refractivity contribution in [2.45, 2.75) is 13.8 Å². The number of hydrogen-bond donors (Lipinski definition) is 1. The molecule has 2 rings (SSSR count). The van der Waals surface area contributed by atoms with E-state index >= 15 is 0 Å². The summed E-state index contributed by atoms with van der Waals surface area (Å²) in [5.41, 5.74) is 8.94. The third-order valence-corrected chi connectivity index (χ3v) is 2.64. The van der Waals surface area contributed by atoms with Gasteiger partial charge in [0, 0.05) is 11.8 Å². The van der Waals surface area contributed by atoms with Crippen LogP contribution in [0.1, 0.15) is 16.8 Å². The molecule has 0 spiro atoms. The largest absolute Gasteiger partial charge is 0.455 e. The maximum absolute atomic E-state index is 8.66. The summed E-state index contributed by atoms with van der Waals surface area (Å²) in [7, 11) is 0. The highest BCUT2D eigenvalue weighted by Gasteiger charge is 2.05. The Bertz CT molecular complexity index is 612. The molecule has 0 amide bonds. The van der Waals surface area contributed by atoms with Crippen LogP contribution < -0.4 is 10.5 Å². The number of nitriles is 1. The number of ether oxygens (including phenoxy) is 1. The lowest BCUT2D eigenvalue weighted by molar-refractivity contribution is 0.476. The van der Waals surface area contributed by atoms with Gasteiger partial charge < -0.3 is 10.5 Å². The van der Waals surface area contributed by atoms with E-state index in [1.54, 1.807) is 18.2 Å². The summed E-state index contributed by atoms with van der Waals surface area (Å²) in [5.74, 6) is 1.28. The van der Waals surface area contributed by atoms with Gasteiger partial charge in [0.05, 0.1) is 6.20 Å². The zero-order chi connectivity index (χ0) is 13.1. The van der Waals surface area contributed by atoms with E-state index in [-0.39, 0.29) is 0 Å². The first kappa shape index (κ1) is 11.9. The van der Waals surface area contributed by atoms with Crippen LogP contribution in [0, 0.1) is 25.2 Å². The molecular formula is C14H13N3O. The number of aryl methyl sites for hydroxylation is 2. The molecule has 0 radical (unpaired) electrons. The number of benzene rings is 1. The number of nitrogens with zero attached hydrogens (tertiary/aromatic N) is 2. The topological polar surface area (TPSA) is 71.9 Å². The first-order valence-electron chi connectivity index (χ1n) is 5.51. The maximum atomic E-state index is 8.66. The van der Waals surface area contributed by atoms with Gasteiger partial charge in [-0.2, -0.15) is 5.26 Å². The van der Waals surface area contributed by atoms with Crippen molar-refractivity contribution >= 4 is 5.69 Å². The molecule has 2 N–H and O–H groups in total. The van der Waals surface area contributed by atoms with Crippen molar-refractivity contribution in [3.63, 3.8) is 0 Å². The van der Waals surface area contributed by atoms with Gasteiger partial charge in [-0.1, -0.05) is 6.07 Å². The molecule has 0 aliphatic heterocycles. The van der Waals surface area contributed by atoms with Crippen LogP contribution in [-0.2, 0) is 0 Å². The lowest BCUT2D eigenvalue weighted by Gasteiger charge is -2.10. The highest BCUT2D eigenvalue weighted by Crippen LogP contribution is 2.28. The second-order valence-electron chi connectivity index (χ2n) is 4.07. The average molecular weight is 239 g/mol. The number of hydrogen-bond acceptors (Lipinski definition) is 4. The molecule has 1 heterocycles. The molecule has 1 aromatic carbocycles. The third kappa shape index (κ3) is 2.41. The van der Waals surface area contributed by atoms with E-state index < -0.39 is 0 Å². The molecule has 1 aromatic heterocycles. The lowest BCUT2D eigenvalue weighted by atomic mass is 10.1. The Morgan fingerprint density at radius 3 is 2.61 bits per heavy atom. The number of rotatable bonds is 2. The van der Waals surface area contributed by atoms with Crippen molar-refractivity contribution in [2.75, 3.05) is 5.73 Å². The van der Waals surface area contributed by atoms with Crippen LogP contribution in [0.3, 0.4) is 0 Å². The Morgan fingerprint density at radius 1 is 1.22 bits per heavy atom. The molecule has 0 aliphatic carbocycles. The highest BCUT2D eigenvalue weighted by molar-refractivity contribution is 5.54. The number of nitrogen functional groups attached to an aromatic ring is 1. The predicted octanol–water partition coefficient (Wildman–Crippen LogP) is 2.94. The Balaban J connectivity index is 2.28. The molecule has 0 unspecified atom stereocenters. The minimum atomic E-state index is 0.363. The highest BCUT2D eigenvalue weighted by atomic mass is 16.5. The van der Waals surface area contributed by atoms with Crippen LogP contribution in [0.15, 0.2) is 30.5 Å². The van der Waals surface area contributed by atoms with E-state index in [9.17, 15) is 0 Å². The summed E-state index contributed by atoms with van der Waals surface area (Å²) in [5, 5.41) is 8.66. The van der Waals surface area contributed by atoms with Crippen molar-refractivity contribution in [1.82, 2.24) is 4.98 Å². The maximum Gasteiger partial charge on any atom is 0.145 e. The number of nitrogens with two attached hydrogens (primary N) is 1. The summed E-state index contributed by atoms with van der Waals surface area (Å²) in [6.07, 6.45) is 1.52. The van der Waals surface area contributed by atoms with Gasteiger partial charge >= 0.3 is 0 Å². The van der Waals surface area contributed by atoms with Gasteiger partial charge in [0.2, 0.25) is 0 Å². The summed E-state index contributed by atoms with van der Waals surface area (Å²) in [6, 6.07) is 9.05. The van der Waals surface area contributed by atoms with Crippen LogP contribution in [0.2, 0.25) is 0 Å². The van der Waals surface area contributed by atoms with E-state index in [4.69, 9.17) is 15.7 Å². The van der Waals surface area contributed by atoms with E-state index in [1.807, 2.05) is 26.0 Å². The van der Waals surface area contributed by atoms with E-state index in [0.717, 1.165) is 11.1 Å². The molecule has 90 valence electrons. The molecule has 0 bridgehead atoms. The normalized spacial score (nSPS) is 9.83. The van der Waals surface area contributed by atoms with Crippen molar-refractivity contribution in [2.24, 2.45) is 0 Å². The standard InChI is InChI=1S/C14H13N3O/c1-9-5-10(2)14(6-13(9)16)18-12-4-3-11(7-15)17-8-12/h3-6,8H,16H2,1-2H3. The summed E-state index contributed by atoms with van der Waals surface area (Å²) in [6.45, 7) is 3.91. The molecule has 0 saturated heterocycles. The molecule has 2 aromatic rings. The zero-order valence-corrected chi connectivity index (χ0v) is 10.3. The number of pyridine rings is 1. The van der Waals surface area contributed by atoms with Gasteiger partial charge in [0.15, 0.2) is 0 Å². The Labute approximate surface area is 106 Å². The molecule has 0 atom stereocenters. The molecule has 18 heavy (non-hydrogen) atoms. The fourth-order valence-corrected chi connectivity index (χ4v) is 1.59. The molecule has 0 aliphatic rings. The average Bonchev–Trinajstić information content (AvgIpc) is 2.37. The third-order valence-electron chi connectivity index (χ3n) is 2.64. The zero-order valence-electron chi connectivity index (χ0n) is 10.3. The van der Waals surface area contributed by atoms with Gasteiger partial charge in [0.25, 0.3) is 0 Å². The first-order chi connectivity index (χ1) is 8.60. The van der Waals surface area contributed by atoms with Crippen molar-refractivity contribution in [3.05, 3.63) is 47.3 Å². The summed E-state index contributed by atoms with van der Waals surface area (Å²) < 4.78 is 5.69. The SMILES string of the molecule is Cc1cc(C)c(Oc2ccc(C#N)nc2)cc1N. The van der Waals surface area contributed by atoms with E-state index in [0.29, 0.717) is 22.9 Å². The fourth-order valence-electron chi connectivity index (χ4n) is 1.59. The van der Waals surface area contributed by atoms with Crippen LogP contribution >= 0.6 is 0 Å². The Kier molecular flexibility index (Phi) is 3.16. The van der Waals surface area contributed by atoms with Gasteiger partial charge in [-0.3, -0.25) is 0 Å². The Hall–Kier alpha value is -2.54. The molecule has 4 heteroatoms. The minimum absolute atomic E-state index is 0.363. The van der Waals surface area contributed by atoms with Gasteiger partial charge in [-0.25, -0.2) is 4.98 Å². The number of aromatic nitrogens is 1. The second kappa shape index (κ2) is 4.76. The molecule has 0 fully saturated rings. The lowest BCUT2D eigenvalue weighted by Crippen LogP contribution is -1.94. The van der Waals surface area contributed by atoms with Crippen molar-refractivity contribution < 1.29 is 4.74 Å². The smallest absolute Gasteiger partial charge is 0.145 e. The van der Waals surface area contributed by atoms with Gasteiger partial charge in [0.1, 0.15) is 23.3 Å². The second-order valence-corrected chi connectivity index (χ2v) is 4.07. The fraction of sp³-hybridized carbons (Fsp3) is 0.143. The van der Waals surface area contributed by atoms with E-state index in [2.05, 4.69) is 4.98 Å². The van der Waals surface area contributed by atoms with Crippen LogP contribution in [0.4, 0.5) is 5.69 Å². The predicted molar refractivity (Wildman–Crippen MR) is 69.4 cm³/mol. The van der Waals surface area contributed by atoms with E-state index in [1.165, 1.54) is 6.20 Å².